The zero-order valence-corrected chi connectivity index (χ0v) is 20.7. The lowest BCUT2D eigenvalue weighted by Crippen LogP contribution is -2.33. The molecule has 5 nitrogen and oxygen atoms in total. The van der Waals surface area contributed by atoms with E-state index < -0.39 is 18.3 Å². The molecule has 3 aromatic carbocycles. The third-order valence-corrected chi connectivity index (χ3v) is 6.17. The van der Waals surface area contributed by atoms with Gasteiger partial charge in [0.1, 0.15) is 17.3 Å². The fraction of sp³-hybridized carbons (Fsp3) is 0.222. The van der Waals surface area contributed by atoms with E-state index in [1.54, 1.807) is 41.1 Å². The number of amides is 1. The van der Waals surface area contributed by atoms with Gasteiger partial charge < -0.3 is 18.9 Å². The predicted molar refractivity (Wildman–Crippen MR) is 134 cm³/mol. The second-order valence-electron chi connectivity index (χ2n) is 8.14. The standard InChI is InChI=1S/C27H23ClF4N2O3/c1-3-33(4-2)26(35)36-24-12-11-22-19(25(24)17-9-10-21(29)20(28)15-17)13-14-34(22)16-18-7-5-6-8-23(18)37-27(30,31)32/h5-15H,3-4,16H2,1-2H3. The summed E-state index contributed by atoms with van der Waals surface area (Å²) in [6, 6.07) is 15.1. The molecule has 0 fully saturated rings. The van der Waals surface area contributed by atoms with Crippen LogP contribution in [0.4, 0.5) is 22.4 Å². The minimum Gasteiger partial charge on any atom is -0.410 e. The molecule has 0 radical (unpaired) electrons. The van der Waals surface area contributed by atoms with Crippen LogP contribution in [0, 0.1) is 5.82 Å². The van der Waals surface area contributed by atoms with Gasteiger partial charge in [0.25, 0.3) is 0 Å². The molecule has 0 bridgehead atoms. The van der Waals surface area contributed by atoms with Crippen molar-refractivity contribution in [2.75, 3.05) is 13.1 Å². The van der Waals surface area contributed by atoms with Crippen molar-refractivity contribution >= 4 is 28.6 Å². The number of hydrogen-bond acceptors (Lipinski definition) is 3. The number of carbonyl (C=O) groups is 1. The second-order valence-corrected chi connectivity index (χ2v) is 8.55. The number of aromatic nitrogens is 1. The highest BCUT2D eigenvalue weighted by Crippen LogP contribution is 2.40. The Bertz CT molecular complexity index is 1430. The predicted octanol–water partition coefficient (Wildman–Crippen LogP) is 7.89. The van der Waals surface area contributed by atoms with Gasteiger partial charge in [0.05, 0.1) is 11.6 Å². The number of ether oxygens (including phenoxy) is 2. The summed E-state index contributed by atoms with van der Waals surface area (Å²) < 4.78 is 64.3. The summed E-state index contributed by atoms with van der Waals surface area (Å²) in [7, 11) is 0. The number of halogens is 5. The molecule has 0 aliphatic rings. The molecule has 0 N–H and O–H groups in total. The van der Waals surface area contributed by atoms with Crippen molar-refractivity contribution in [3.63, 3.8) is 0 Å². The molecule has 4 aromatic rings. The Morgan fingerprint density at radius 2 is 1.73 bits per heavy atom. The van der Waals surface area contributed by atoms with Crippen molar-refractivity contribution in [1.82, 2.24) is 9.47 Å². The first-order valence-electron chi connectivity index (χ1n) is 11.5. The first-order chi connectivity index (χ1) is 17.6. The maximum absolute atomic E-state index is 13.9. The molecule has 0 atom stereocenters. The smallest absolute Gasteiger partial charge is 0.410 e. The highest BCUT2D eigenvalue weighted by molar-refractivity contribution is 6.31. The molecular weight excluding hydrogens is 512 g/mol. The van der Waals surface area contributed by atoms with Crippen LogP contribution in [0.3, 0.4) is 0 Å². The van der Waals surface area contributed by atoms with Crippen LogP contribution < -0.4 is 9.47 Å². The van der Waals surface area contributed by atoms with Gasteiger partial charge in [-0.3, -0.25) is 0 Å². The highest BCUT2D eigenvalue weighted by Gasteiger charge is 2.32. The van der Waals surface area contributed by atoms with Crippen LogP contribution in [-0.2, 0) is 6.54 Å². The summed E-state index contributed by atoms with van der Waals surface area (Å²) in [4.78, 5) is 14.2. The van der Waals surface area contributed by atoms with Gasteiger partial charge in [0.15, 0.2) is 0 Å². The number of alkyl halides is 3. The van der Waals surface area contributed by atoms with Crippen molar-refractivity contribution in [1.29, 1.82) is 0 Å². The van der Waals surface area contributed by atoms with Crippen LogP contribution in [0.2, 0.25) is 5.02 Å². The Morgan fingerprint density at radius 3 is 2.41 bits per heavy atom. The van der Waals surface area contributed by atoms with E-state index in [0.717, 1.165) is 0 Å². The van der Waals surface area contributed by atoms with Crippen LogP contribution in [-0.4, -0.2) is 35.0 Å². The summed E-state index contributed by atoms with van der Waals surface area (Å²) in [5, 5.41) is 0.537. The average molecular weight is 535 g/mol. The molecule has 0 unspecified atom stereocenters. The van der Waals surface area contributed by atoms with Crippen LogP contribution in [0.25, 0.3) is 22.0 Å². The topological polar surface area (TPSA) is 43.7 Å². The van der Waals surface area contributed by atoms with E-state index in [0.29, 0.717) is 40.7 Å². The molecule has 37 heavy (non-hydrogen) atoms. The average Bonchev–Trinajstić information content (AvgIpc) is 3.24. The van der Waals surface area contributed by atoms with E-state index in [4.69, 9.17) is 16.3 Å². The molecule has 0 spiro atoms. The minimum absolute atomic E-state index is 0.0813. The van der Waals surface area contributed by atoms with Gasteiger partial charge in [-0.05, 0) is 55.8 Å². The summed E-state index contributed by atoms with van der Waals surface area (Å²) >= 11 is 6.05. The molecule has 0 saturated heterocycles. The molecule has 1 amide bonds. The van der Waals surface area contributed by atoms with Gasteiger partial charge in [-0.2, -0.15) is 0 Å². The third kappa shape index (κ3) is 5.83. The first kappa shape index (κ1) is 26.3. The normalized spacial score (nSPS) is 11.5. The second kappa shape index (κ2) is 10.7. The first-order valence-corrected chi connectivity index (χ1v) is 11.9. The Kier molecular flexibility index (Phi) is 7.63. The maximum Gasteiger partial charge on any atom is 0.573 e. The van der Waals surface area contributed by atoms with Crippen molar-refractivity contribution in [3.05, 3.63) is 83.3 Å². The van der Waals surface area contributed by atoms with Gasteiger partial charge >= 0.3 is 12.5 Å². The highest BCUT2D eigenvalue weighted by atomic mass is 35.5. The molecule has 0 aliphatic heterocycles. The van der Waals surface area contributed by atoms with E-state index in [1.165, 1.54) is 35.2 Å². The van der Waals surface area contributed by atoms with E-state index in [1.807, 2.05) is 13.8 Å². The summed E-state index contributed by atoms with van der Waals surface area (Å²) in [6.07, 6.45) is -3.66. The van der Waals surface area contributed by atoms with E-state index in [2.05, 4.69) is 4.74 Å². The third-order valence-electron chi connectivity index (χ3n) is 5.88. The van der Waals surface area contributed by atoms with Crippen molar-refractivity contribution in [2.45, 2.75) is 26.8 Å². The van der Waals surface area contributed by atoms with Crippen LogP contribution >= 0.6 is 11.6 Å². The van der Waals surface area contributed by atoms with Gasteiger partial charge in [-0.15, -0.1) is 13.2 Å². The number of para-hydroxylation sites is 1. The van der Waals surface area contributed by atoms with E-state index in [9.17, 15) is 22.4 Å². The maximum atomic E-state index is 13.9. The largest absolute Gasteiger partial charge is 0.573 e. The van der Waals surface area contributed by atoms with Crippen LogP contribution in [0.15, 0.2) is 66.9 Å². The number of fused-ring (bicyclic) bond motifs is 1. The fourth-order valence-electron chi connectivity index (χ4n) is 4.11. The van der Waals surface area contributed by atoms with E-state index >= 15 is 0 Å². The molecule has 0 saturated carbocycles. The van der Waals surface area contributed by atoms with Gasteiger partial charge in [0, 0.05) is 41.3 Å². The number of rotatable bonds is 7. The molecule has 0 aliphatic carbocycles. The number of hydrogen-bond donors (Lipinski definition) is 0. The zero-order valence-electron chi connectivity index (χ0n) is 20.0. The lowest BCUT2D eigenvalue weighted by Gasteiger charge is -2.20. The molecule has 194 valence electrons. The lowest BCUT2D eigenvalue weighted by molar-refractivity contribution is -0.274. The monoisotopic (exact) mass is 534 g/mol. The fourth-order valence-corrected chi connectivity index (χ4v) is 4.29. The summed E-state index contributed by atoms with van der Waals surface area (Å²) in [5.74, 6) is -0.657. The van der Waals surface area contributed by atoms with Gasteiger partial charge in [-0.25, -0.2) is 9.18 Å². The van der Waals surface area contributed by atoms with Gasteiger partial charge in [-0.1, -0.05) is 35.9 Å². The molecule has 10 heteroatoms. The van der Waals surface area contributed by atoms with E-state index in [-0.39, 0.29) is 23.1 Å². The quantitative estimate of drug-likeness (QED) is 0.226. The number of carbonyl (C=O) groups excluding carboxylic acids is 1. The van der Waals surface area contributed by atoms with Crippen LogP contribution in [0.5, 0.6) is 11.5 Å². The Balaban J connectivity index is 1.81. The Morgan fingerprint density at radius 1 is 1.00 bits per heavy atom. The van der Waals surface area contributed by atoms with Crippen molar-refractivity contribution < 1.29 is 31.8 Å². The van der Waals surface area contributed by atoms with Crippen LogP contribution in [0.1, 0.15) is 19.4 Å². The minimum atomic E-state index is -4.83. The number of nitrogens with zero attached hydrogens (tertiary/aromatic N) is 2. The Hall–Kier alpha value is -3.72. The lowest BCUT2D eigenvalue weighted by atomic mass is 10.0. The molecule has 4 rings (SSSR count). The summed E-state index contributed by atoms with van der Waals surface area (Å²) in [6.45, 7) is 4.64. The molecule has 1 heterocycles. The summed E-state index contributed by atoms with van der Waals surface area (Å²) in [5.41, 5.74) is 1.98. The SMILES string of the molecule is CCN(CC)C(=O)Oc1ccc2c(ccn2Cc2ccccc2OC(F)(F)F)c1-c1ccc(F)c(Cl)c1. The van der Waals surface area contributed by atoms with Crippen molar-refractivity contribution in [3.8, 4) is 22.6 Å². The number of benzene rings is 3. The molecular formula is C27H23ClF4N2O3. The zero-order chi connectivity index (χ0) is 26.7. The van der Waals surface area contributed by atoms with Gasteiger partial charge in [0.2, 0.25) is 0 Å². The van der Waals surface area contributed by atoms with Crippen molar-refractivity contribution in [2.24, 2.45) is 0 Å². The Labute approximate surface area is 215 Å². The molecule has 1 aromatic heterocycles.